The van der Waals surface area contributed by atoms with Crippen molar-refractivity contribution >= 4 is 62.3 Å². The molecule has 2 aromatic carbocycles. The Hall–Kier alpha value is -1.56. The molecule has 2 aromatic rings. The van der Waals surface area contributed by atoms with Gasteiger partial charge >= 0.3 is 0 Å². The van der Waals surface area contributed by atoms with E-state index in [2.05, 4.69) is 26.6 Å². The zero-order valence-electron chi connectivity index (χ0n) is 11.4. The molecule has 0 unspecified atom stereocenters. The first-order valence-electron chi connectivity index (χ1n) is 6.20. The average Bonchev–Trinajstić information content (AvgIpc) is 2.43. The van der Waals surface area contributed by atoms with Crippen molar-refractivity contribution in [1.82, 2.24) is 0 Å². The molecular formula is C15H11BrCl2N2O2. The standard InChI is InChI=1S/C15H11BrCl2N2O2/c1-8(21)19-10-3-5-14(13(18)7-10)20-15(22)11-6-9(16)2-4-12(11)17/h2-7H,1H3,(H,19,21)(H,20,22). The van der Waals surface area contributed by atoms with Crippen LogP contribution in [0.5, 0.6) is 0 Å². The SMILES string of the molecule is CC(=O)Nc1ccc(NC(=O)c2cc(Br)ccc2Cl)c(Cl)c1. The number of anilines is 2. The molecule has 0 spiro atoms. The molecular weight excluding hydrogens is 391 g/mol. The van der Waals surface area contributed by atoms with Gasteiger partial charge in [-0.1, -0.05) is 39.1 Å². The van der Waals surface area contributed by atoms with Crippen molar-refractivity contribution in [2.24, 2.45) is 0 Å². The molecule has 4 nitrogen and oxygen atoms in total. The van der Waals surface area contributed by atoms with Gasteiger partial charge in [0.15, 0.2) is 0 Å². The van der Waals surface area contributed by atoms with Gasteiger partial charge in [0, 0.05) is 17.1 Å². The Morgan fingerprint density at radius 1 is 1.00 bits per heavy atom. The van der Waals surface area contributed by atoms with E-state index in [1.807, 2.05) is 0 Å². The van der Waals surface area contributed by atoms with Crippen LogP contribution in [0.25, 0.3) is 0 Å². The monoisotopic (exact) mass is 400 g/mol. The summed E-state index contributed by atoms with van der Waals surface area (Å²) < 4.78 is 0.745. The van der Waals surface area contributed by atoms with Crippen LogP contribution in [0.1, 0.15) is 17.3 Å². The summed E-state index contributed by atoms with van der Waals surface area (Å²) in [5, 5.41) is 5.95. The summed E-state index contributed by atoms with van der Waals surface area (Å²) in [6.07, 6.45) is 0. The van der Waals surface area contributed by atoms with Gasteiger partial charge in [-0.2, -0.15) is 0 Å². The van der Waals surface area contributed by atoms with E-state index >= 15 is 0 Å². The molecule has 2 N–H and O–H groups in total. The molecule has 0 bridgehead atoms. The first-order chi connectivity index (χ1) is 10.4. The number of hydrogen-bond acceptors (Lipinski definition) is 2. The zero-order valence-corrected chi connectivity index (χ0v) is 14.5. The molecule has 0 radical (unpaired) electrons. The average molecular weight is 402 g/mol. The highest BCUT2D eigenvalue weighted by Crippen LogP contribution is 2.27. The topological polar surface area (TPSA) is 58.2 Å². The number of nitrogens with one attached hydrogen (secondary N) is 2. The van der Waals surface area contributed by atoms with Crippen LogP contribution in [-0.2, 0) is 4.79 Å². The summed E-state index contributed by atoms with van der Waals surface area (Å²) in [5.74, 6) is -0.575. The number of benzene rings is 2. The van der Waals surface area contributed by atoms with E-state index < -0.39 is 0 Å². The van der Waals surface area contributed by atoms with Gasteiger partial charge in [0.25, 0.3) is 5.91 Å². The lowest BCUT2D eigenvalue weighted by Crippen LogP contribution is -2.13. The predicted octanol–water partition coefficient (Wildman–Crippen LogP) is 4.97. The fourth-order valence-electron chi connectivity index (χ4n) is 1.76. The van der Waals surface area contributed by atoms with Gasteiger partial charge in [0.1, 0.15) is 0 Å². The van der Waals surface area contributed by atoms with Gasteiger partial charge < -0.3 is 10.6 Å². The van der Waals surface area contributed by atoms with Gasteiger partial charge in [-0.05, 0) is 36.4 Å². The molecule has 2 amide bonds. The lowest BCUT2D eigenvalue weighted by atomic mass is 10.2. The molecule has 0 aliphatic heterocycles. The van der Waals surface area contributed by atoms with E-state index in [9.17, 15) is 9.59 Å². The van der Waals surface area contributed by atoms with Gasteiger partial charge in [0.2, 0.25) is 5.91 Å². The minimum absolute atomic E-state index is 0.200. The highest BCUT2D eigenvalue weighted by Gasteiger charge is 2.13. The highest BCUT2D eigenvalue weighted by atomic mass is 79.9. The number of amides is 2. The molecule has 0 fully saturated rings. The first kappa shape index (κ1) is 16.8. The molecule has 0 saturated carbocycles. The second-order valence-electron chi connectivity index (χ2n) is 4.45. The van der Waals surface area contributed by atoms with Crippen molar-refractivity contribution in [1.29, 1.82) is 0 Å². The fraction of sp³-hybridized carbons (Fsp3) is 0.0667. The third-order valence-electron chi connectivity index (χ3n) is 2.71. The second kappa shape index (κ2) is 7.13. The van der Waals surface area contributed by atoms with Crippen LogP contribution in [0, 0.1) is 0 Å². The molecule has 0 heterocycles. The van der Waals surface area contributed by atoms with Crippen molar-refractivity contribution < 1.29 is 9.59 Å². The van der Waals surface area contributed by atoms with Crippen LogP contribution in [-0.4, -0.2) is 11.8 Å². The maximum Gasteiger partial charge on any atom is 0.257 e. The quantitative estimate of drug-likeness (QED) is 0.762. The molecule has 0 atom stereocenters. The van der Waals surface area contributed by atoms with E-state index in [0.717, 1.165) is 4.47 Å². The summed E-state index contributed by atoms with van der Waals surface area (Å²) in [6.45, 7) is 1.40. The Kier molecular flexibility index (Phi) is 5.45. The van der Waals surface area contributed by atoms with E-state index in [-0.39, 0.29) is 11.8 Å². The smallest absolute Gasteiger partial charge is 0.257 e. The van der Waals surface area contributed by atoms with Crippen molar-refractivity contribution in [3.05, 3.63) is 56.5 Å². The number of carbonyl (C=O) groups excluding carboxylic acids is 2. The minimum Gasteiger partial charge on any atom is -0.326 e. The van der Waals surface area contributed by atoms with Gasteiger partial charge in [-0.15, -0.1) is 0 Å². The number of rotatable bonds is 3. The molecule has 0 saturated heterocycles. The lowest BCUT2D eigenvalue weighted by Gasteiger charge is -2.10. The molecule has 22 heavy (non-hydrogen) atoms. The largest absolute Gasteiger partial charge is 0.326 e. The van der Waals surface area contributed by atoms with E-state index in [4.69, 9.17) is 23.2 Å². The molecule has 0 aromatic heterocycles. The molecule has 114 valence electrons. The Bertz CT molecular complexity index is 750. The van der Waals surface area contributed by atoms with Crippen molar-refractivity contribution in [2.75, 3.05) is 10.6 Å². The van der Waals surface area contributed by atoms with E-state index in [1.54, 1.807) is 36.4 Å². The highest BCUT2D eigenvalue weighted by molar-refractivity contribution is 9.10. The van der Waals surface area contributed by atoms with Crippen molar-refractivity contribution in [3.8, 4) is 0 Å². The third-order valence-corrected chi connectivity index (χ3v) is 3.85. The predicted molar refractivity (Wildman–Crippen MR) is 92.9 cm³/mol. The Balaban J connectivity index is 2.21. The van der Waals surface area contributed by atoms with Gasteiger partial charge in [0.05, 0.1) is 21.3 Å². The number of carbonyl (C=O) groups is 2. The van der Waals surface area contributed by atoms with Crippen LogP contribution >= 0.6 is 39.1 Å². The maximum absolute atomic E-state index is 12.3. The van der Waals surface area contributed by atoms with Crippen LogP contribution in [0.2, 0.25) is 10.0 Å². The third kappa shape index (κ3) is 4.22. The van der Waals surface area contributed by atoms with E-state index in [1.165, 1.54) is 6.92 Å². The van der Waals surface area contributed by atoms with Crippen LogP contribution in [0.15, 0.2) is 40.9 Å². The van der Waals surface area contributed by atoms with Crippen LogP contribution < -0.4 is 10.6 Å². The Morgan fingerprint density at radius 3 is 2.36 bits per heavy atom. The van der Waals surface area contributed by atoms with Gasteiger partial charge in [-0.25, -0.2) is 0 Å². The van der Waals surface area contributed by atoms with Gasteiger partial charge in [-0.3, -0.25) is 9.59 Å². The second-order valence-corrected chi connectivity index (χ2v) is 6.18. The van der Waals surface area contributed by atoms with Crippen LogP contribution in [0.3, 0.4) is 0 Å². The Labute approximate surface area is 145 Å². The first-order valence-corrected chi connectivity index (χ1v) is 7.75. The summed E-state index contributed by atoms with van der Waals surface area (Å²) in [7, 11) is 0. The molecule has 0 aliphatic carbocycles. The molecule has 2 rings (SSSR count). The normalized spacial score (nSPS) is 10.2. The van der Waals surface area contributed by atoms with Crippen LogP contribution in [0.4, 0.5) is 11.4 Å². The number of hydrogen-bond donors (Lipinski definition) is 2. The minimum atomic E-state index is -0.375. The number of halogens is 3. The lowest BCUT2D eigenvalue weighted by molar-refractivity contribution is -0.114. The zero-order chi connectivity index (χ0) is 16.3. The summed E-state index contributed by atoms with van der Waals surface area (Å²) >= 11 is 15.4. The van der Waals surface area contributed by atoms with E-state index in [0.29, 0.717) is 27.0 Å². The van der Waals surface area contributed by atoms with Crippen molar-refractivity contribution in [2.45, 2.75) is 6.92 Å². The summed E-state index contributed by atoms with van der Waals surface area (Å²) in [5.41, 5.74) is 1.31. The molecule has 0 aliphatic rings. The fourth-order valence-corrected chi connectivity index (χ4v) is 2.55. The summed E-state index contributed by atoms with van der Waals surface area (Å²) in [6, 6.07) is 9.80. The molecule has 7 heteroatoms. The maximum atomic E-state index is 12.3. The van der Waals surface area contributed by atoms with Crippen molar-refractivity contribution in [3.63, 3.8) is 0 Å². The Morgan fingerprint density at radius 2 is 1.73 bits per heavy atom. The summed E-state index contributed by atoms with van der Waals surface area (Å²) in [4.78, 5) is 23.3.